The second kappa shape index (κ2) is 5.52. The van der Waals surface area contributed by atoms with Crippen molar-refractivity contribution in [2.45, 2.75) is 25.9 Å². The van der Waals surface area contributed by atoms with Crippen molar-refractivity contribution in [3.63, 3.8) is 0 Å². The number of hydrogen-bond donors (Lipinski definition) is 3. The first kappa shape index (κ1) is 14.0. The number of aromatic amines is 2. The summed E-state index contributed by atoms with van der Waals surface area (Å²) in [4.78, 5) is 16.1. The molecule has 2 atom stereocenters. The molecule has 0 aliphatic carbocycles. The van der Waals surface area contributed by atoms with Crippen molar-refractivity contribution >= 4 is 22.1 Å². The minimum absolute atomic E-state index is 0.102. The number of H-pyrrole nitrogens is 2. The van der Waals surface area contributed by atoms with E-state index < -0.39 is 0 Å². The number of aromatic nitrogens is 4. The van der Waals surface area contributed by atoms with Gasteiger partial charge in [0, 0.05) is 0 Å². The Morgan fingerprint density at radius 1 is 0.739 bits per heavy atom. The van der Waals surface area contributed by atoms with Crippen molar-refractivity contribution < 1.29 is 0 Å². The number of nitrogens with zero attached hydrogens (tertiary/aromatic N) is 2. The van der Waals surface area contributed by atoms with Crippen molar-refractivity contribution in [3.8, 4) is 0 Å². The standard InChI is InChI=1S/C18H19N5/c1-11(17-20-13-7-3-4-8-14(13)21-17)19-12(2)18-22-15-9-5-6-10-16(15)23-18/h3-12,19H,1-2H3,(H,20,21)(H,22,23). The van der Waals surface area contributed by atoms with E-state index in [9.17, 15) is 0 Å². The Balaban J connectivity index is 1.56. The molecule has 0 spiro atoms. The van der Waals surface area contributed by atoms with Gasteiger partial charge < -0.3 is 9.97 Å². The minimum atomic E-state index is 0.102. The van der Waals surface area contributed by atoms with Crippen molar-refractivity contribution in [3.05, 3.63) is 60.2 Å². The molecular weight excluding hydrogens is 286 g/mol. The van der Waals surface area contributed by atoms with Crippen LogP contribution in [0.5, 0.6) is 0 Å². The summed E-state index contributed by atoms with van der Waals surface area (Å²) in [6.45, 7) is 4.22. The lowest BCUT2D eigenvalue weighted by Crippen LogP contribution is -2.24. The molecule has 0 saturated carbocycles. The summed E-state index contributed by atoms with van der Waals surface area (Å²) >= 11 is 0. The molecular formula is C18H19N5. The van der Waals surface area contributed by atoms with E-state index in [1.807, 2.05) is 48.5 Å². The molecule has 0 saturated heterocycles. The normalized spacial score (nSPS) is 14.3. The number of benzene rings is 2. The van der Waals surface area contributed by atoms with Gasteiger partial charge in [-0.2, -0.15) is 0 Å². The highest BCUT2D eigenvalue weighted by Crippen LogP contribution is 2.20. The van der Waals surface area contributed by atoms with Crippen LogP contribution >= 0.6 is 0 Å². The van der Waals surface area contributed by atoms with Gasteiger partial charge in [0.2, 0.25) is 0 Å². The van der Waals surface area contributed by atoms with Gasteiger partial charge in [0.25, 0.3) is 0 Å². The van der Waals surface area contributed by atoms with Crippen molar-refractivity contribution in [1.29, 1.82) is 0 Å². The van der Waals surface area contributed by atoms with Gasteiger partial charge in [0.05, 0.1) is 34.2 Å². The number of nitrogens with one attached hydrogen (secondary N) is 3. The van der Waals surface area contributed by atoms with Gasteiger partial charge in [0.15, 0.2) is 0 Å². The van der Waals surface area contributed by atoms with Crippen LogP contribution in [0.15, 0.2) is 48.5 Å². The molecule has 0 aliphatic rings. The summed E-state index contributed by atoms with van der Waals surface area (Å²) in [5.74, 6) is 1.88. The SMILES string of the molecule is CC(NC(C)c1nc2ccccc2[nH]1)c1nc2ccccc2[nH]1. The van der Waals surface area contributed by atoms with Gasteiger partial charge in [-0.05, 0) is 38.1 Å². The van der Waals surface area contributed by atoms with Gasteiger partial charge in [-0.1, -0.05) is 24.3 Å². The average molecular weight is 305 g/mol. The molecule has 4 rings (SSSR count). The van der Waals surface area contributed by atoms with Crippen molar-refractivity contribution in [2.24, 2.45) is 0 Å². The zero-order valence-corrected chi connectivity index (χ0v) is 13.2. The zero-order chi connectivity index (χ0) is 15.8. The van der Waals surface area contributed by atoms with Crippen LogP contribution in [-0.2, 0) is 0 Å². The summed E-state index contributed by atoms with van der Waals surface area (Å²) < 4.78 is 0. The summed E-state index contributed by atoms with van der Waals surface area (Å²) in [5.41, 5.74) is 4.11. The van der Waals surface area contributed by atoms with Gasteiger partial charge in [0.1, 0.15) is 11.6 Å². The van der Waals surface area contributed by atoms with Crippen LogP contribution in [0.2, 0.25) is 0 Å². The smallest absolute Gasteiger partial charge is 0.124 e. The summed E-state index contributed by atoms with van der Waals surface area (Å²) in [7, 11) is 0. The fourth-order valence-electron chi connectivity index (χ4n) is 2.89. The van der Waals surface area contributed by atoms with Crippen LogP contribution in [-0.4, -0.2) is 19.9 Å². The van der Waals surface area contributed by atoms with Gasteiger partial charge in [-0.3, -0.25) is 5.32 Å². The second-order valence-electron chi connectivity index (χ2n) is 5.89. The van der Waals surface area contributed by atoms with Gasteiger partial charge >= 0.3 is 0 Å². The Labute approximate surface area is 134 Å². The fraction of sp³-hybridized carbons (Fsp3) is 0.222. The van der Waals surface area contributed by atoms with Crippen molar-refractivity contribution in [1.82, 2.24) is 25.3 Å². The zero-order valence-electron chi connectivity index (χ0n) is 13.2. The molecule has 5 nitrogen and oxygen atoms in total. The topological polar surface area (TPSA) is 69.4 Å². The Bertz CT molecular complexity index is 808. The average Bonchev–Trinajstić information content (AvgIpc) is 3.18. The molecule has 2 aromatic heterocycles. The third kappa shape index (κ3) is 2.59. The van der Waals surface area contributed by atoms with Crippen LogP contribution in [0.25, 0.3) is 22.1 Å². The highest BCUT2D eigenvalue weighted by molar-refractivity contribution is 5.75. The molecule has 4 aromatic rings. The molecule has 0 aliphatic heterocycles. The second-order valence-corrected chi connectivity index (χ2v) is 5.89. The summed E-state index contributed by atoms with van der Waals surface area (Å²) in [6.07, 6.45) is 0. The molecule has 0 radical (unpaired) electrons. The van der Waals surface area contributed by atoms with E-state index in [0.29, 0.717) is 0 Å². The van der Waals surface area contributed by atoms with Crippen LogP contribution < -0.4 is 5.32 Å². The van der Waals surface area contributed by atoms with Gasteiger partial charge in [-0.25, -0.2) is 9.97 Å². The molecule has 5 heteroatoms. The van der Waals surface area contributed by atoms with E-state index in [0.717, 1.165) is 33.7 Å². The molecule has 0 bridgehead atoms. The third-order valence-corrected chi connectivity index (χ3v) is 4.14. The Kier molecular flexibility index (Phi) is 3.35. The lowest BCUT2D eigenvalue weighted by Gasteiger charge is -2.16. The third-order valence-electron chi connectivity index (χ3n) is 4.14. The maximum absolute atomic E-state index is 4.65. The number of rotatable bonds is 4. The number of para-hydroxylation sites is 4. The van der Waals surface area contributed by atoms with Crippen LogP contribution in [0.3, 0.4) is 0 Å². The Morgan fingerprint density at radius 2 is 1.17 bits per heavy atom. The summed E-state index contributed by atoms with van der Waals surface area (Å²) in [5, 5.41) is 3.55. The molecule has 2 aromatic carbocycles. The van der Waals surface area contributed by atoms with Gasteiger partial charge in [-0.15, -0.1) is 0 Å². The van der Waals surface area contributed by atoms with Crippen LogP contribution in [0, 0.1) is 0 Å². The molecule has 116 valence electrons. The van der Waals surface area contributed by atoms with Crippen LogP contribution in [0.1, 0.15) is 37.6 Å². The first-order valence-electron chi connectivity index (χ1n) is 7.86. The lowest BCUT2D eigenvalue weighted by molar-refractivity contribution is 0.467. The molecule has 23 heavy (non-hydrogen) atoms. The molecule has 2 heterocycles. The molecule has 3 N–H and O–H groups in total. The predicted octanol–water partition coefficient (Wildman–Crippen LogP) is 3.85. The summed E-state index contributed by atoms with van der Waals surface area (Å²) in [6, 6.07) is 16.4. The first-order valence-corrected chi connectivity index (χ1v) is 7.86. The van der Waals surface area contributed by atoms with E-state index in [4.69, 9.17) is 0 Å². The van der Waals surface area contributed by atoms with Crippen LogP contribution in [0.4, 0.5) is 0 Å². The van der Waals surface area contributed by atoms with E-state index in [1.165, 1.54) is 0 Å². The minimum Gasteiger partial charge on any atom is -0.341 e. The Hall–Kier alpha value is -2.66. The predicted molar refractivity (Wildman–Crippen MR) is 92.2 cm³/mol. The fourth-order valence-corrected chi connectivity index (χ4v) is 2.89. The lowest BCUT2D eigenvalue weighted by atomic mass is 10.2. The van der Waals surface area contributed by atoms with E-state index >= 15 is 0 Å². The highest BCUT2D eigenvalue weighted by Gasteiger charge is 2.16. The largest absolute Gasteiger partial charge is 0.341 e. The number of imidazole rings is 2. The van der Waals surface area contributed by atoms with E-state index in [1.54, 1.807) is 0 Å². The molecule has 0 amide bonds. The number of fused-ring (bicyclic) bond motifs is 2. The quantitative estimate of drug-likeness (QED) is 0.536. The van der Waals surface area contributed by atoms with Crippen molar-refractivity contribution in [2.75, 3.05) is 0 Å². The Morgan fingerprint density at radius 3 is 1.61 bits per heavy atom. The maximum Gasteiger partial charge on any atom is 0.124 e. The maximum atomic E-state index is 4.65. The van der Waals surface area contributed by atoms with E-state index in [-0.39, 0.29) is 12.1 Å². The molecule has 0 fully saturated rings. The van der Waals surface area contributed by atoms with E-state index in [2.05, 4.69) is 39.1 Å². The highest BCUT2D eigenvalue weighted by atomic mass is 15.1. The number of hydrogen-bond acceptors (Lipinski definition) is 3. The first-order chi connectivity index (χ1) is 11.2. The molecule has 2 unspecified atom stereocenters. The monoisotopic (exact) mass is 305 g/mol.